The van der Waals surface area contributed by atoms with Crippen molar-refractivity contribution in [2.45, 2.75) is 13.0 Å². The second kappa shape index (κ2) is 6.01. The van der Waals surface area contributed by atoms with Gasteiger partial charge in [0.25, 0.3) is 11.7 Å². The summed E-state index contributed by atoms with van der Waals surface area (Å²) < 4.78 is 0.862. The van der Waals surface area contributed by atoms with Gasteiger partial charge in [-0.25, -0.2) is 0 Å². The van der Waals surface area contributed by atoms with Crippen LogP contribution >= 0.6 is 15.9 Å². The molecule has 1 aliphatic heterocycles. The Hall–Kier alpha value is -2.40. The first kappa shape index (κ1) is 15.5. The van der Waals surface area contributed by atoms with Gasteiger partial charge in [0.05, 0.1) is 11.6 Å². The molecule has 0 bridgehead atoms. The molecule has 5 heteroatoms. The van der Waals surface area contributed by atoms with E-state index in [0.29, 0.717) is 5.56 Å². The van der Waals surface area contributed by atoms with Crippen molar-refractivity contribution in [1.29, 1.82) is 0 Å². The minimum Gasteiger partial charge on any atom is -0.507 e. The summed E-state index contributed by atoms with van der Waals surface area (Å²) in [7, 11) is 0. The fraction of sp³-hybridized carbons (Fsp3) is 0.111. The molecule has 1 atom stereocenters. The molecular formula is C18H14BrNO3. The van der Waals surface area contributed by atoms with Crippen LogP contribution in [0.5, 0.6) is 0 Å². The molecular weight excluding hydrogens is 358 g/mol. The third kappa shape index (κ3) is 2.92. The standard InChI is InChI=1S/C18H14BrNO3/c1-10-2-4-11(5-3-10)15-14(17(22)18(23)20-15)16(21)12-6-8-13(19)9-7-12/h2-9,15,21H,1H3,(H,20,23)/b16-14+. The number of Topliss-reactive ketones (excluding diaryl/α,β-unsaturated/α-hetero) is 1. The Kier molecular flexibility index (Phi) is 4.05. The van der Waals surface area contributed by atoms with Gasteiger partial charge in [-0.1, -0.05) is 57.9 Å². The maximum atomic E-state index is 12.2. The van der Waals surface area contributed by atoms with E-state index in [2.05, 4.69) is 21.2 Å². The van der Waals surface area contributed by atoms with Crippen LogP contribution in [0.15, 0.2) is 58.6 Å². The molecule has 1 unspecified atom stereocenters. The lowest BCUT2D eigenvalue weighted by molar-refractivity contribution is -0.133. The highest BCUT2D eigenvalue weighted by Gasteiger charge is 2.39. The van der Waals surface area contributed by atoms with E-state index in [-0.39, 0.29) is 11.3 Å². The number of carbonyl (C=O) groups is 2. The molecule has 0 radical (unpaired) electrons. The number of ketones is 1. The second-order valence-electron chi connectivity index (χ2n) is 5.42. The van der Waals surface area contributed by atoms with Crippen LogP contribution in [0.25, 0.3) is 5.76 Å². The van der Waals surface area contributed by atoms with Gasteiger partial charge in [0.1, 0.15) is 5.76 Å². The molecule has 1 aliphatic rings. The topological polar surface area (TPSA) is 66.4 Å². The predicted molar refractivity (Wildman–Crippen MR) is 90.8 cm³/mol. The second-order valence-corrected chi connectivity index (χ2v) is 6.33. The number of aryl methyl sites for hydroxylation is 1. The number of amides is 1. The van der Waals surface area contributed by atoms with E-state index >= 15 is 0 Å². The Balaban J connectivity index is 2.10. The van der Waals surface area contributed by atoms with Crippen molar-refractivity contribution in [3.8, 4) is 0 Å². The average molecular weight is 372 g/mol. The maximum Gasteiger partial charge on any atom is 0.293 e. The summed E-state index contributed by atoms with van der Waals surface area (Å²) in [6.07, 6.45) is 0. The Bertz CT molecular complexity index is 807. The van der Waals surface area contributed by atoms with Gasteiger partial charge in [-0.2, -0.15) is 0 Å². The monoisotopic (exact) mass is 371 g/mol. The molecule has 0 spiro atoms. The van der Waals surface area contributed by atoms with E-state index in [1.807, 2.05) is 31.2 Å². The fourth-order valence-electron chi connectivity index (χ4n) is 2.54. The molecule has 1 amide bonds. The Morgan fingerprint density at radius 1 is 1.04 bits per heavy atom. The first-order valence-electron chi connectivity index (χ1n) is 7.08. The van der Waals surface area contributed by atoms with Crippen LogP contribution in [0.3, 0.4) is 0 Å². The van der Waals surface area contributed by atoms with E-state index in [1.54, 1.807) is 24.3 Å². The SMILES string of the molecule is Cc1ccc(C2NC(=O)C(=O)/C2=C(/O)c2ccc(Br)cc2)cc1. The Morgan fingerprint density at radius 2 is 1.65 bits per heavy atom. The number of aliphatic hydroxyl groups excluding tert-OH is 1. The van der Waals surface area contributed by atoms with E-state index in [0.717, 1.165) is 15.6 Å². The van der Waals surface area contributed by atoms with Crippen molar-refractivity contribution < 1.29 is 14.7 Å². The summed E-state index contributed by atoms with van der Waals surface area (Å²) in [5.41, 5.74) is 2.41. The molecule has 116 valence electrons. The third-order valence-corrected chi connectivity index (χ3v) is 4.33. The molecule has 0 saturated carbocycles. The number of benzene rings is 2. The normalized spacial score (nSPS) is 19.7. The van der Waals surface area contributed by atoms with Crippen LogP contribution in [0, 0.1) is 6.92 Å². The zero-order valence-corrected chi connectivity index (χ0v) is 13.9. The van der Waals surface area contributed by atoms with Gasteiger partial charge in [-0.3, -0.25) is 9.59 Å². The molecule has 2 aromatic rings. The van der Waals surface area contributed by atoms with Crippen LogP contribution in [-0.2, 0) is 9.59 Å². The molecule has 23 heavy (non-hydrogen) atoms. The van der Waals surface area contributed by atoms with Gasteiger partial charge < -0.3 is 10.4 Å². The van der Waals surface area contributed by atoms with Crippen molar-refractivity contribution in [3.63, 3.8) is 0 Å². The van der Waals surface area contributed by atoms with Crippen molar-refractivity contribution >= 4 is 33.4 Å². The molecule has 4 nitrogen and oxygen atoms in total. The van der Waals surface area contributed by atoms with E-state index < -0.39 is 17.7 Å². The number of hydrogen-bond acceptors (Lipinski definition) is 3. The molecule has 2 N–H and O–H groups in total. The number of carbonyl (C=O) groups excluding carboxylic acids is 2. The smallest absolute Gasteiger partial charge is 0.293 e. The van der Waals surface area contributed by atoms with Crippen molar-refractivity contribution in [2.24, 2.45) is 0 Å². The fourth-order valence-corrected chi connectivity index (χ4v) is 2.80. The summed E-state index contributed by atoms with van der Waals surface area (Å²) in [6.45, 7) is 1.96. The number of aliphatic hydroxyl groups is 1. The summed E-state index contributed by atoms with van der Waals surface area (Å²) in [5, 5.41) is 13.2. The first-order chi connectivity index (χ1) is 11.0. The zero-order valence-electron chi connectivity index (χ0n) is 12.3. The van der Waals surface area contributed by atoms with Crippen molar-refractivity contribution in [2.75, 3.05) is 0 Å². The van der Waals surface area contributed by atoms with Crippen LogP contribution < -0.4 is 5.32 Å². The summed E-state index contributed by atoms with van der Waals surface area (Å²) in [4.78, 5) is 24.0. The number of halogens is 1. The number of nitrogens with one attached hydrogen (secondary N) is 1. The van der Waals surface area contributed by atoms with Crippen LogP contribution in [0.1, 0.15) is 22.7 Å². The highest BCUT2D eigenvalue weighted by Crippen LogP contribution is 2.33. The lowest BCUT2D eigenvalue weighted by Gasteiger charge is -2.14. The van der Waals surface area contributed by atoms with Crippen LogP contribution in [0.4, 0.5) is 0 Å². The van der Waals surface area contributed by atoms with Crippen molar-refractivity contribution in [1.82, 2.24) is 5.32 Å². The van der Waals surface area contributed by atoms with Gasteiger partial charge in [0, 0.05) is 10.0 Å². The van der Waals surface area contributed by atoms with E-state index in [4.69, 9.17) is 0 Å². The summed E-state index contributed by atoms with van der Waals surface area (Å²) in [5.74, 6) is -1.57. The van der Waals surface area contributed by atoms with Crippen molar-refractivity contribution in [3.05, 3.63) is 75.3 Å². The molecule has 3 rings (SSSR count). The summed E-state index contributed by atoms with van der Waals surface area (Å²) >= 11 is 3.32. The lowest BCUT2D eigenvalue weighted by atomic mass is 9.95. The van der Waals surface area contributed by atoms with Gasteiger partial charge in [-0.15, -0.1) is 0 Å². The van der Waals surface area contributed by atoms with Crippen LogP contribution in [-0.4, -0.2) is 16.8 Å². The lowest BCUT2D eigenvalue weighted by Crippen LogP contribution is -2.21. The highest BCUT2D eigenvalue weighted by atomic mass is 79.9. The molecule has 1 heterocycles. The predicted octanol–water partition coefficient (Wildman–Crippen LogP) is 3.47. The Morgan fingerprint density at radius 3 is 2.26 bits per heavy atom. The minimum atomic E-state index is -0.700. The molecule has 0 aromatic heterocycles. The maximum absolute atomic E-state index is 12.2. The van der Waals surface area contributed by atoms with Crippen LogP contribution in [0.2, 0.25) is 0 Å². The van der Waals surface area contributed by atoms with E-state index in [9.17, 15) is 14.7 Å². The quantitative estimate of drug-likeness (QED) is 0.482. The number of rotatable bonds is 2. The molecule has 2 aromatic carbocycles. The van der Waals surface area contributed by atoms with Gasteiger partial charge >= 0.3 is 0 Å². The van der Waals surface area contributed by atoms with E-state index in [1.165, 1.54) is 0 Å². The zero-order chi connectivity index (χ0) is 16.6. The number of hydrogen-bond donors (Lipinski definition) is 2. The average Bonchev–Trinajstić information content (AvgIpc) is 2.84. The van der Waals surface area contributed by atoms with Gasteiger partial charge in [0.2, 0.25) is 0 Å². The molecule has 0 aliphatic carbocycles. The highest BCUT2D eigenvalue weighted by molar-refractivity contribution is 9.10. The van der Waals surface area contributed by atoms with Gasteiger partial charge in [-0.05, 0) is 24.6 Å². The molecule has 1 fully saturated rings. The molecule has 1 saturated heterocycles. The largest absolute Gasteiger partial charge is 0.507 e. The summed E-state index contributed by atoms with van der Waals surface area (Å²) in [6, 6.07) is 13.8. The van der Waals surface area contributed by atoms with Gasteiger partial charge in [0.15, 0.2) is 0 Å². The first-order valence-corrected chi connectivity index (χ1v) is 7.87. The Labute approximate surface area is 142 Å². The third-order valence-electron chi connectivity index (χ3n) is 3.80. The minimum absolute atomic E-state index is 0.0844.